The number of nitrogens with one attached hydrogen (secondary N) is 1. The highest BCUT2D eigenvalue weighted by atomic mass is 32.2. The zero-order chi connectivity index (χ0) is 20.9. The van der Waals surface area contributed by atoms with Gasteiger partial charge in [-0.3, -0.25) is 4.79 Å². The monoisotopic (exact) mass is 413 g/mol. The molecule has 1 amide bonds. The number of thioether (sulfide) groups is 1. The van der Waals surface area contributed by atoms with E-state index < -0.39 is 0 Å². The molecule has 0 spiro atoms. The Hall–Kier alpha value is -3.56. The van der Waals surface area contributed by atoms with Crippen molar-refractivity contribution in [2.45, 2.75) is 23.5 Å². The third-order valence-corrected chi connectivity index (χ3v) is 5.76. The summed E-state index contributed by atoms with van der Waals surface area (Å²) in [4.78, 5) is 18.8. The van der Waals surface area contributed by atoms with Gasteiger partial charge in [-0.05, 0) is 36.4 Å². The number of carbonyl (C=O) groups is 1. The van der Waals surface area contributed by atoms with Crippen molar-refractivity contribution in [3.05, 3.63) is 78.6 Å². The van der Waals surface area contributed by atoms with Crippen molar-refractivity contribution in [2.24, 2.45) is 0 Å². The van der Waals surface area contributed by atoms with Gasteiger partial charge in [0.1, 0.15) is 5.69 Å². The molecule has 0 radical (unpaired) electrons. The van der Waals surface area contributed by atoms with Gasteiger partial charge >= 0.3 is 0 Å². The molecule has 2 aromatic heterocycles. The van der Waals surface area contributed by atoms with Gasteiger partial charge in [0, 0.05) is 22.0 Å². The van der Waals surface area contributed by atoms with E-state index in [2.05, 4.69) is 16.4 Å². The van der Waals surface area contributed by atoms with Crippen LogP contribution in [-0.2, 0) is 0 Å². The lowest BCUT2D eigenvalue weighted by Gasteiger charge is -2.14. The van der Waals surface area contributed by atoms with Gasteiger partial charge in [-0.25, -0.2) is 4.98 Å². The van der Waals surface area contributed by atoms with E-state index in [1.54, 1.807) is 30.2 Å². The van der Waals surface area contributed by atoms with E-state index in [0.29, 0.717) is 23.4 Å². The molecule has 0 aliphatic rings. The highest BCUT2D eigenvalue weighted by molar-refractivity contribution is 8.00. The molecule has 1 atom stereocenters. The van der Waals surface area contributed by atoms with E-state index in [1.807, 2.05) is 61.5 Å². The summed E-state index contributed by atoms with van der Waals surface area (Å²) in [7, 11) is 0. The quantitative estimate of drug-likeness (QED) is 0.384. The molecule has 5 nitrogen and oxygen atoms in total. The Morgan fingerprint density at radius 1 is 1.17 bits per heavy atom. The Morgan fingerprint density at radius 3 is 2.77 bits per heavy atom. The number of aromatic nitrogens is 1. The average Bonchev–Trinajstić information content (AvgIpc) is 3.29. The maximum atomic E-state index is 13.3. The summed E-state index contributed by atoms with van der Waals surface area (Å²) in [6.07, 6.45) is 2.02. The Bertz CT molecular complexity index is 1230. The summed E-state index contributed by atoms with van der Waals surface area (Å²) >= 11 is 1.57. The largest absolute Gasteiger partial charge is 0.463 e. The van der Waals surface area contributed by atoms with E-state index >= 15 is 0 Å². The molecule has 0 aliphatic heterocycles. The second kappa shape index (κ2) is 8.85. The first kappa shape index (κ1) is 19.7. The molecule has 4 aromatic rings. The minimum absolute atomic E-state index is 0.125. The highest BCUT2D eigenvalue weighted by Crippen LogP contribution is 2.32. The number of nitrogens with zero attached hydrogens (tertiary/aromatic N) is 2. The molecular formula is C24H19N3O2S. The third kappa shape index (κ3) is 4.22. The molecule has 0 saturated carbocycles. The van der Waals surface area contributed by atoms with Crippen molar-refractivity contribution in [3.63, 3.8) is 0 Å². The summed E-state index contributed by atoms with van der Waals surface area (Å²) in [5, 5.41) is 12.9. The van der Waals surface area contributed by atoms with E-state index in [0.717, 1.165) is 21.5 Å². The van der Waals surface area contributed by atoms with Crippen LogP contribution in [0.3, 0.4) is 0 Å². The van der Waals surface area contributed by atoms with Gasteiger partial charge in [0.15, 0.2) is 5.76 Å². The van der Waals surface area contributed by atoms with Crippen molar-refractivity contribution >= 4 is 34.3 Å². The molecule has 1 unspecified atom stereocenters. The van der Waals surface area contributed by atoms with E-state index in [1.165, 1.54) is 0 Å². The van der Waals surface area contributed by atoms with Crippen LogP contribution in [0, 0.1) is 11.3 Å². The smallest absolute Gasteiger partial charge is 0.256 e. The molecule has 1 N–H and O–H groups in total. The van der Waals surface area contributed by atoms with Crippen LogP contribution in [0.25, 0.3) is 22.4 Å². The Morgan fingerprint density at radius 2 is 1.97 bits per heavy atom. The Kier molecular flexibility index (Phi) is 5.82. The first-order chi connectivity index (χ1) is 14.7. The van der Waals surface area contributed by atoms with Crippen molar-refractivity contribution in [2.75, 3.05) is 5.32 Å². The van der Waals surface area contributed by atoms with Gasteiger partial charge in [-0.2, -0.15) is 5.26 Å². The topological polar surface area (TPSA) is 78.9 Å². The SMILES string of the molecule is CC(CC#N)Sc1ccccc1NC(=O)c1cc(-c2ccco2)nc2ccccc12. The number of pyridine rings is 1. The van der Waals surface area contributed by atoms with Crippen LogP contribution in [0.2, 0.25) is 0 Å². The number of fused-ring (bicyclic) bond motifs is 1. The minimum atomic E-state index is -0.220. The summed E-state index contributed by atoms with van der Waals surface area (Å²) in [5.74, 6) is 0.387. The molecule has 0 aliphatic carbocycles. The number of para-hydroxylation sites is 2. The average molecular weight is 414 g/mol. The number of amides is 1. The molecule has 148 valence electrons. The van der Waals surface area contributed by atoms with Gasteiger partial charge in [0.2, 0.25) is 0 Å². The van der Waals surface area contributed by atoms with Crippen LogP contribution in [0.15, 0.2) is 82.3 Å². The van der Waals surface area contributed by atoms with Gasteiger partial charge in [0.25, 0.3) is 5.91 Å². The van der Waals surface area contributed by atoms with Crippen LogP contribution in [-0.4, -0.2) is 16.1 Å². The van der Waals surface area contributed by atoms with Crippen molar-refractivity contribution in [1.29, 1.82) is 5.26 Å². The Balaban J connectivity index is 1.70. The predicted octanol–water partition coefficient (Wildman–Crippen LogP) is 6.14. The van der Waals surface area contributed by atoms with Gasteiger partial charge in [0.05, 0.1) is 29.1 Å². The van der Waals surface area contributed by atoms with Crippen molar-refractivity contribution in [1.82, 2.24) is 4.98 Å². The maximum absolute atomic E-state index is 13.3. The molecule has 0 saturated heterocycles. The number of hydrogen-bond donors (Lipinski definition) is 1. The zero-order valence-electron chi connectivity index (χ0n) is 16.3. The molecule has 0 fully saturated rings. The fourth-order valence-corrected chi connectivity index (χ4v) is 4.16. The number of rotatable bonds is 6. The van der Waals surface area contributed by atoms with Crippen LogP contribution in [0.4, 0.5) is 5.69 Å². The summed E-state index contributed by atoms with van der Waals surface area (Å²) in [5.41, 5.74) is 2.57. The number of carbonyl (C=O) groups excluding carboxylic acids is 1. The maximum Gasteiger partial charge on any atom is 0.256 e. The van der Waals surface area contributed by atoms with Crippen molar-refractivity contribution in [3.8, 4) is 17.5 Å². The van der Waals surface area contributed by atoms with Crippen molar-refractivity contribution < 1.29 is 9.21 Å². The number of hydrogen-bond acceptors (Lipinski definition) is 5. The van der Waals surface area contributed by atoms with E-state index in [9.17, 15) is 4.79 Å². The summed E-state index contributed by atoms with van der Waals surface area (Å²) < 4.78 is 5.48. The first-order valence-corrected chi connectivity index (χ1v) is 10.4. The lowest BCUT2D eigenvalue weighted by Crippen LogP contribution is -2.14. The summed E-state index contributed by atoms with van der Waals surface area (Å²) in [6.45, 7) is 2.00. The fraction of sp³-hybridized carbons (Fsp3) is 0.125. The van der Waals surface area contributed by atoms with E-state index in [-0.39, 0.29) is 11.2 Å². The number of nitriles is 1. The minimum Gasteiger partial charge on any atom is -0.463 e. The number of anilines is 1. The third-order valence-electron chi connectivity index (χ3n) is 4.58. The van der Waals surface area contributed by atoms with Crippen LogP contribution < -0.4 is 5.32 Å². The van der Waals surface area contributed by atoms with Gasteiger partial charge in [-0.1, -0.05) is 37.3 Å². The lowest BCUT2D eigenvalue weighted by atomic mass is 10.1. The molecular weight excluding hydrogens is 394 g/mol. The normalized spacial score (nSPS) is 11.7. The second-order valence-corrected chi connectivity index (χ2v) is 8.27. The van der Waals surface area contributed by atoms with Crippen LogP contribution in [0.1, 0.15) is 23.7 Å². The summed E-state index contributed by atoms with van der Waals surface area (Å²) in [6, 6.07) is 22.7. The fourth-order valence-electron chi connectivity index (χ4n) is 3.16. The van der Waals surface area contributed by atoms with Crippen LogP contribution >= 0.6 is 11.8 Å². The highest BCUT2D eigenvalue weighted by Gasteiger charge is 2.17. The standard InChI is InChI=1S/C24H19N3O2S/c1-16(12-13-25)30-23-11-5-4-9-20(23)27-24(28)18-15-21(22-10-6-14-29-22)26-19-8-3-2-7-17(18)19/h2-11,14-16H,12H2,1H3,(H,27,28). The van der Waals surface area contributed by atoms with Crippen LogP contribution in [0.5, 0.6) is 0 Å². The Labute approximate surface area is 178 Å². The van der Waals surface area contributed by atoms with Gasteiger partial charge < -0.3 is 9.73 Å². The first-order valence-electron chi connectivity index (χ1n) is 9.53. The molecule has 6 heteroatoms. The molecule has 0 bridgehead atoms. The number of benzene rings is 2. The molecule has 2 heterocycles. The van der Waals surface area contributed by atoms with E-state index in [4.69, 9.17) is 9.68 Å². The lowest BCUT2D eigenvalue weighted by molar-refractivity contribution is 0.102. The number of furan rings is 1. The molecule has 2 aromatic carbocycles. The molecule has 4 rings (SSSR count). The molecule has 30 heavy (non-hydrogen) atoms. The second-order valence-electron chi connectivity index (χ2n) is 6.79. The van der Waals surface area contributed by atoms with Gasteiger partial charge in [-0.15, -0.1) is 11.8 Å². The predicted molar refractivity (Wildman–Crippen MR) is 119 cm³/mol. The zero-order valence-corrected chi connectivity index (χ0v) is 17.1.